The molecular formula is C12H17NO2. The highest BCUT2D eigenvalue weighted by atomic mass is 16.5. The van der Waals surface area contributed by atoms with Gasteiger partial charge in [0.05, 0.1) is 13.7 Å². The van der Waals surface area contributed by atoms with Gasteiger partial charge in [0.15, 0.2) is 0 Å². The Morgan fingerprint density at radius 3 is 3.13 bits per heavy atom. The topological polar surface area (TPSA) is 30.5 Å². The van der Waals surface area contributed by atoms with Crippen LogP contribution in [0.15, 0.2) is 18.2 Å². The molecule has 82 valence electrons. The molecule has 1 aliphatic rings. The van der Waals surface area contributed by atoms with Gasteiger partial charge >= 0.3 is 0 Å². The SMILES string of the molecule is CNCC1CCOc2ccc(OC)cc21. The number of ether oxygens (including phenoxy) is 2. The van der Waals surface area contributed by atoms with Crippen molar-refractivity contribution in [1.29, 1.82) is 0 Å². The molecule has 0 bridgehead atoms. The third kappa shape index (κ3) is 2.07. The molecule has 0 aromatic heterocycles. The van der Waals surface area contributed by atoms with E-state index >= 15 is 0 Å². The summed E-state index contributed by atoms with van der Waals surface area (Å²) in [5.41, 5.74) is 1.26. The van der Waals surface area contributed by atoms with Gasteiger partial charge in [-0.1, -0.05) is 0 Å². The van der Waals surface area contributed by atoms with Gasteiger partial charge in [0.25, 0.3) is 0 Å². The molecule has 0 saturated heterocycles. The van der Waals surface area contributed by atoms with E-state index in [9.17, 15) is 0 Å². The van der Waals surface area contributed by atoms with Crippen LogP contribution in [0.2, 0.25) is 0 Å². The Morgan fingerprint density at radius 2 is 2.40 bits per heavy atom. The summed E-state index contributed by atoms with van der Waals surface area (Å²) in [7, 11) is 3.67. The van der Waals surface area contributed by atoms with E-state index in [2.05, 4.69) is 11.4 Å². The smallest absolute Gasteiger partial charge is 0.123 e. The zero-order valence-corrected chi connectivity index (χ0v) is 9.25. The molecule has 15 heavy (non-hydrogen) atoms. The molecule has 3 nitrogen and oxygen atoms in total. The maximum absolute atomic E-state index is 5.62. The Bertz CT molecular complexity index is 338. The highest BCUT2D eigenvalue weighted by Gasteiger charge is 2.21. The second-order valence-electron chi connectivity index (χ2n) is 3.80. The van der Waals surface area contributed by atoms with Crippen molar-refractivity contribution in [3.05, 3.63) is 23.8 Å². The lowest BCUT2D eigenvalue weighted by molar-refractivity contribution is 0.265. The van der Waals surface area contributed by atoms with Crippen LogP contribution in [-0.2, 0) is 0 Å². The molecule has 1 aliphatic heterocycles. The molecule has 1 atom stereocenters. The predicted octanol–water partition coefficient (Wildman–Crippen LogP) is 1.78. The molecule has 1 unspecified atom stereocenters. The molecule has 0 radical (unpaired) electrons. The summed E-state index contributed by atoms with van der Waals surface area (Å²) in [5.74, 6) is 2.44. The van der Waals surface area contributed by atoms with E-state index < -0.39 is 0 Å². The van der Waals surface area contributed by atoms with Crippen molar-refractivity contribution in [2.24, 2.45) is 0 Å². The summed E-state index contributed by atoms with van der Waals surface area (Å²) in [6.07, 6.45) is 1.07. The fourth-order valence-corrected chi connectivity index (χ4v) is 2.03. The number of methoxy groups -OCH3 is 1. The van der Waals surface area contributed by atoms with Crippen LogP contribution in [0.1, 0.15) is 17.9 Å². The highest BCUT2D eigenvalue weighted by molar-refractivity contribution is 5.43. The van der Waals surface area contributed by atoms with E-state index in [-0.39, 0.29) is 0 Å². The first-order valence-corrected chi connectivity index (χ1v) is 5.30. The van der Waals surface area contributed by atoms with Gasteiger partial charge in [-0.3, -0.25) is 0 Å². The molecule has 0 amide bonds. The average molecular weight is 207 g/mol. The molecule has 0 fully saturated rings. The summed E-state index contributed by atoms with van der Waals surface area (Å²) in [6.45, 7) is 1.80. The second-order valence-corrected chi connectivity index (χ2v) is 3.80. The minimum Gasteiger partial charge on any atom is -0.497 e. The molecule has 0 saturated carbocycles. The number of rotatable bonds is 3. The molecule has 1 aromatic carbocycles. The van der Waals surface area contributed by atoms with Crippen LogP contribution in [0.25, 0.3) is 0 Å². The van der Waals surface area contributed by atoms with Crippen LogP contribution in [0.5, 0.6) is 11.5 Å². The third-order valence-electron chi connectivity index (χ3n) is 2.83. The average Bonchev–Trinajstić information content (AvgIpc) is 2.29. The van der Waals surface area contributed by atoms with E-state index in [1.165, 1.54) is 5.56 Å². The molecule has 1 aromatic rings. The van der Waals surface area contributed by atoms with Crippen molar-refractivity contribution in [3.8, 4) is 11.5 Å². The van der Waals surface area contributed by atoms with Crippen LogP contribution in [0, 0.1) is 0 Å². The summed E-state index contributed by atoms with van der Waals surface area (Å²) >= 11 is 0. The first-order valence-electron chi connectivity index (χ1n) is 5.30. The number of likely N-dealkylation sites (N-methyl/N-ethyl adjacent to an activating group) is 1. The molecule has 2 rings (SSSR count). The van der Waals surface area contributed by atoms with Crippen LogP contribution in [-0.4, -0.2) is 27.3 Å². The Labute approximate surface area is 90.4 Å². The van der Waals surface area contributed by atoms with E-state index in [0.29, 0.717) is 5.92 Å². The van der Waals surface area contributed by atoms with E-state index in [1.807, 2.05) is 19.2 Å². The van der Waals surface area contributed by atoms with Crippen molar-refractivity contribution >= 4 is 0 Å². The second kappa shape index (κ2) is 4.53. The van der Waals surface area contributed by atoms with Crippen molar-refractivity contribution in [2.45, 2.75) is 12.3 Å². The minimum absolute atomic E-state index is 0.536. The molecule has 0 spiro atoms. The highest BCUT2D eigenvalue weighted by Crippen LogP contribution is 2.35. The lowest BCUT2D eigenvalue weighted by Crippen LogP contribution is -2.23. The maximum atomic E-state index is 5.62. The quantitative estimate of drug-likeness (QED) is 0.819. The van der Waals surface area contributed by atoms with Crippen molar-refractivity contribution in [2.75, 3.05) is 27.3 Å². The van der Waals surface area contributed by atoms with Crippen LogP contribution in [0.4, 0.5) is 0 Å². The van der Waals surface area contributed by atoms with Crippen LogP contribution >= 0.6 is 0 Å². The van der Waals surface area contributed by atoms with Crippen molar-refractivity contribution < 1.29 is 9.47 Å². The fraction of sp³-hybridized carbons (Fsp3) is 0.500. The summed E-state index contributed by atoms with van der Waals surface area (Å²) in [5, 5.41) is 3.22. The van der Waals surface area contributed by atoms with Crippen LogP contribution in [0.3, 0.4) is 0 Å². The monoisotopic (exact) mass is 207 g/mol. The first kappa shape index (κ1) is 10.3. The van der Waals surface area contributed by atoms with Gasteiger partial charge in [-0.2, -0.15) is 0 Å². The molecule has 1 heterocycles. The number of fused-ring (bicyclic) bond motifs is 1. The maximum Gasteiger partial charge on any atom is 0.123 e. The molecule has 1 N–H and O–H groups in total. The van der Waals surface area contributed by atoms with Crippen molar-refractivity contribution in [1.82, 2.24) is 5.32 Å². The van der Waals surface area contributed by atoms with Gasteiger partial charge < -0.3 is 14.8 Å². The summed E-state index contributed by atoms with van der Waals surface area (Å²) in [4.78, 5) is 0. The summed E-state index contributed by atoms with van der Waals surface area (Å²) in [6, 6.07) is 6.02. The standard InChI is InChI=1S/C12H17NO2/c1-13-8-9-5-6-15-12-4-3-10(14-2)7-11(9)12/h3-4,7,9,13H,5-6,8H2,1-2H3. The largest absolute Gasteiger partial charge is 0.497 e. The van der Waals surface area contributed by atoms with E-state index in [4.69, 9.17) is 9.47 Å². The Balaban J connectivity index is 2.30. The molecule has 0 aliphatic carbocycles. The van der Waals surface area contributed by atoms with E-state index in [1.54, 1.807) is 7.11 Å². The zero-order chi connectivity index (χ0) is 10.7. The van der Waals surface area contributed by atoms with Gasteiger partial charge in [0.1, 0.15) is 11.5 Å². The van der Waals surface area contributed by atoms with Crippen LogP contribution < -0.4 is 14.8 Å². The Kier molecular flexibility index (Phi) is 3.11. The number of benzene rings is 1. The summed E-state index contributed by atoms with van der Waals surface area (Å²) < 4.78 is 10.8. The van der Waals surface area contributed by atoms with Crippen molar-refractivity contribution in [3.63, 3.8) is 0 Å². The minimum atomic E-state index is 0.536. The number of nitrogens with one attached hydrogen (secondary N) is 1. The fourth-order valence-electron chi connectivity index (χ4n) is 2.03. The van der Waals surface area contributed by atoms with Gasteiger partial charge in [-0.15, -0.1) is 0 Å². The Hall–Kier alpha value is -1.22. The Morgan fingerprint density at radius 1 is 1.53 bits per heavy atom. The number of hydrogen-bond acceptors (Lipinski definition) is 3. The third-order valence-corrected chi connectivity index (χ3v) is 2.83. The number of hydrogen-bond donors (Lipinski definition) is 1. The molecule has 3 heteroatoms. The molecular weight excluding hydrogens is 190 g/mol. The normalized spacial score (nSPS) is 19.2. The first-order chi connectivity index (χ1) is 7.35. The van der Waals surface area contributed by atoms with Gasteiger partial charge in [0, 0.05) is 18.0 Å². The van der Waals surface area contributed by atoms with Gasteiger partial charge in [-0.05, 0) is 31.7 Å². The predicted molar refractivity (Wildman–Crippen MR) is 59.8 cm³/mol. The van der Waals surface area contributed by atoms with Gasteiger partial charge in [0.2, 0.25) is 0 Å². The van der Waals surface area contributed by atoms with E-state index in [0.717, 1.165) is 31.1 Å². The van der Waals surface area contributed by atoms with Gasteiger partial charge in [-0.25, -0.2) is 0 Å². The zero-order valence-electron chi connectivity index (χ0n) is 9.25. The lowest BCUT2D eigenvalue weighted by Gasteiger charge is -2.26. The lowest BCUT2D eigenvalue weighted by atomic mass is 9.93.